The summed E-state index contributed by atoms with van der Waals surface area (Å²) in [5, 5.41) is 10.5. The molecule has 160 valence electrons. The number of ether oxygens (including phenoxy) is 4. The van der Waals surface area contributed by atoms with Crippen LogP contribution >= 0.6 is 0 Å². The Hall–Kier alpha value is -3.04. The number of morpholine rings is 1. The van der Waals surface area contributed by atoms with Gasteiger partial charge in [0.1, 0.15) is 12.4 Å². The number of rotatable bonds is 6. The third-order valence-electron chi connectivity index (χ3n) is 5.14. The molecule has 1 atom stereocenters. The maximum Gasteiger partial charge on any atom is 0.231 e. The van der Waals surface area contributed by atoms with E-state index in [4.69, 9.17) is 23.4 Å². The van der Waals surface area contributed by atoms with Crippen LogP contribution in [0.2, 0.25) is 0 Å². The van der Waals surface area contributed by atoms with Gasteiger partial charge in [-0.25, -0.2) is 0 Å². The van der Waals surface area contributed by atoms with Crippen LogP contribution in [0.15, 0.2) is 33.5 Å². The highest BCUT2D eigenvalue weighted by molar-refractivity contribution is 5.78. The molecule has 30 heavy (non-hydrogen) atoms. The molecule has 0 spiro atoms. The Kier molecular flexibility index (Phi) is 5.91. The molecule has 9 heteroatoms. The Morgan fingerprint density at radius 3 is 2.73 bits per heavy atom. The second-order valence-electron chi connectivity index (χ2n) is 7.09. The van der Waals surface area contributed by atoms with E-state index in [-0.39, 0.29) is 37.2 Å². The van der Waals surface area contributed by atoms with Crippen molar-refractivity contribution in [2.75, 3.05) is 40.2 Å². The molecule has 1 saturated heterocycles. The van der Waals surface area contributed by atoms with Gasteiger partial charge in [0, 0.05) is 32.7 Å². The number of benzene rings is 1. The molecule has 9 nitrogen and oxygen atoms in total. The third kappa shape index (κ3) is 4.12. The fraction of sp³-hybridized carbons (Fsp3) is 0.429. The molecular weight excluding hydrogens is 394 g/mol. The Labute approximate surface area is 172 Å². The first-order valence-corrected chi connectivity index (χ1v) is 9.66. The summed E-state index contributed by atoms with van der Waals surface area (Å²) in [5.74, 6) is 0.0729. The third-order valence-corrected chi connectivity index (χ3v) is 5.14. The highest BCUT2D eigenvalue weighted by Gasteiger charge is 2.30. The zero-order valence-corrected chi connectivity index (χ0v) is 16.6. The number of hydrogen-bond acceptors (Lipinski definition) is 8. The summed E-state index contributed by atoms with van der Waals surface area (Å²) in [5.41, 5.74) is 0.0711. The van der Waals surface area contributed by atoms with Gasteiger partial charge in [-0.15, -0.1) is 0 Å². The number of amides is 1. The van der Waals surface area contributed by atoms with E-state index in [0.29, 0.717) is 43.4 Å². The van der Waals surface area contributed by atoms with E-state index in [1.165, 1.54) is 13.2 Å². The lowest BCUT2D eigenvalue weighted by Crippen LogP contribution is -2.41. The summed E-state index contributed by atoms with van der Waals surface area (Å²) in [7, 11) is 1.48. The largest absolute Gasteiger partial charge is 0.502 e. The quantitative estimate of drug-likeness (QED) is 0.755. The van der Waals surface area contributed by atoms with E-state index in [9.17, 15) is 14.7 Å². The maximum absolute atomic E-state index is 13.0. The Balaban J connectivity index is 1.74. The average molecular weight is 417 g/mol. The van der Waals surface area contributed by atoms with Crippen LogP contribution in [-0.2, 0) is 20.9 Å². The van der Waals surface area contributed by atoms with Crippen molar-refractivity contribution in [2.24, 2.45) is 0 Å². The normalized spacial score (nSPS) is 16.5. The van der Waals surface area contributed by atoms with Crippen LogP contribution in [0, 0.1) is 0 Å². The minimum atomic E-state index is -0.695. The van der Waals surface area contributed by atoms with Gasteiger partial charge in [-0.05, 0) is 17.7 Å². The second-order valence-corrected chi connectivity index (χ2v) is 7.09. The smallest absolute Gasteiger partial charge is 0.231 e. The van der Waals surface area contributed by atoms with E-state index in [1.807, 2.05) is 0 Å². The molecular formula is C21H23NO8. The first kappa shape index (κ1) is 20.2. The number of nitrogens with zero attached hydrogens (tertiary/aromatic N) is 1. The fourth-order valence-corrected chi connectivity index (χ4v) is 3.61. The monoisotopic (exact) mass is 417 g/mol. The first-order valence-electron chi connectivity index (χ1n) is 9.66. The number of carbonyl (C=O) groups is 1. The molecule has 1 aromatic carbocycles. The summed E-state index contributed by atoms with van der Waals surface area (Å²) in [6.07, 6.45) is 0.00653. The maximum atomic E-state index is 13.0. The Morgan fingerprint density at radius 2 is 1.97 bits per heavy atom. The minimum absolute atomic E-state index is 0.00653. The molecule has 0 aliphatic carbocycles. The highest BCUT2D eigenvalue weighted by atomic mass is 16.7. The zero-order valence-electron chi connectivity index (χ0n) is 16.6. The van der Waals surface area contributed by atoms with E-state index >= 15 is 0 Å². The molecule has 0 bridgehead atoms. The van der Waals surface area contributed by atoms with Crippen molar-refractivity contribution >= 4 is 5.91 Å². The van der Waals surface area contributed by atoms with Crippen LogP contribution in [-0.4, -0.2) is 56.1 Å². The number of hydrogen-bond donors (Lipinski definition) is 1. The minimum Gasteiger partial charge on any atom is -0.502 e. The van der Waals surface area contributed by atoms with Crippen molar-refractivity contribution < 1.29 is 33.3 Å². The van der Waals surface area contributed by atoms with Crippen molar-refractivity contribution in [3.05, 3.63) is 51.6 Å². The van der Waals surface area contributed by atoms with Gasteiger partial charge >= 0.3 is 0 Å². The number of fused-ring (bicyclic) bond motifs is 1. The molecule has 2 aromatic rings. The predicted octanol–water partition coefficient (Wildman–Crippen LogP) is 1.60. The van der Waals surface area contributed by atoms with Gasteiger partial charge in [0.25, 0.3) is 0 Å². The van der Waals surface area contributed by atoms with Crippen LogP contribution in [0.5, 0.6) is 17.2 Å². The van der Waals surface area contributed by atoms with E-state index in [0.717, 1.165) is 0 Å². The lowest BCUT2D eigenvalue weighted by Gasteiger charge is -2.28. The van der Waals surface area contributed by atoms with E-state index in [2.05, 4.69) is 0 Å². The molecule has 4 rings (SSSR count). The summed E-state index contributed by atoms with van der Waals surface area (Å²) >= 11 is 0. The molecule has 0 saturated carbocycles. The van der Waals surface area contributed by atoms with Crippen LogP contribution < -0.4 is 14.9 Å². The summed E-state index contributed by atoms with van der Waals surface area (Å²) in [4.78, 5) is 27.0. The molecule has 1 unspecified atom stereocenters. The lowest BCUT2D eigenvalue weighted by atomic mass is 9.91. The Bertz CT molecular complexity index is 979. The van der Waals surface area contributed by atoms with Gasteiger partial charge in [-0.2, -0.15) is 0 Å². The van der Waals surface area contributed by atoms with Gasteiger partial charge in [0.05, 0.1) is 19.1 Å². The van der Waals surface area contributed by atoms with Crippen molar-refractivity contribution in [3.63, 3.8) is 0 Å². The number of aromatic hydroxyl groups is 1. The summed E-state index contributed by atoms with van der Waals surface area (Å²) in [6, 6.07) is 6.43. The van der Waals surface area contributed by atoms with Crippen LogP contribution in [0.4, 0.5) is 0 Å². The van der Waals surface area contributed by atoms with Gasteiger partial charge in [-0.3, -0.25) is 9.59 Å². The number of methoxy groups -OCH3 is 1. The van der Waals surface area contributed by atoms with E-state index in [1.54, 1.807) is 23.1 Å². The zero-order chi connectivity index (χ0) is 21.1. The fourth-order valence-electron chi connectivity index (χ4n) is 3.61. The summed E-state index contributed by atoms with van der Waals surface area (Å²) < 4.78 is 27.0. The standard InChI is InChI=1S/C21H23NO8/c1-26-11-14-9-16(23)20(25)21(30-14)15(10-19(24)22-4-6-27-7-5-22)13-2-3-17-18(8-13)29-12-28-17/h2-3,8-9,15,25H,4-7,10-12H2,1H3. The molecule has 1 aromatic heterocycles. The van der Waals surface area contributed by atoms with Crippen LogP contribution in [0.25, 0.3) is 0 Å². The van der Waals surface area contributed by atoms with Crippen LogP contribution in [0.1, 0.15) is 29.4 Å². The highest BCUT2D eigenvalue weighted by Crippen LogP contribution is 2.39. The molecule has 1 N–H and O–H groups in total. The SMILES string of the molecule is COCc1cc(=O)c(O)c(C(CC(=O)N2CCOCC2)c2ccc3c(c2)OCO3)o1. The molecule has 2 aliphatic heterocycles. The topological polar surface area (TPSA) is 108 Å². The molecule has 1 fully saturated rings. The first-order chi connectivity index (χ1) is 14.6. The van der Waals surface area contributed by atoms with Crippen molar-refractivity contribution in [1.82, 2.24) is 4.90 Å². The molecule has 0 radical (unpaired) electrons. The number of carbonyl (C=O) groups excluding carboxylic acids is 1. The van der Waals surface area contributed by atoms with E-state index < -0.39 is 17.1 Å². The van der Waals surface area contributed by atoms with Gasteiger partial charge in [0.2, 0.25) is 23.9 Å². The average Bonchev–Trinajstić information content (AvgIpc) is 3.23. The van der Waals surface area contributed by atoms with Crippen molar-refractivity contribution in [2.45, 2.75) is 18.9 Å². The predicted molar refractivity (Wildman–Crippen MR) is 104 cm³/mol. The van der Waals surface area contributed by atoms with Crippen molar-refractivity contribution in [3.8, 4) is 17.2 Å². The van der Waals surface area contributed by atoms with Crippen molar-refractivity contribution in [1.29, 1.82) is 0 Å². The van der Waals surface area contributed by atoms with Gasteiger partial charge in [0.15, 0.2) is 17.3 Å². The lowest BCUT2D eigenvalue weighted by molar-refractivity contribution is -0.135. The van der Waals surface area contributed by atoms with Gasteiger partial charge in [-0.1, -0.05) is 6.07 Å². The molecule has 2 aliphatic rings. The van der Waals surface area contributed by atoms with Gasteiger partial charge < -0.3 is 33.4 Å². The van der Waals surface area contributed by atoms with Crippen LogP contribution in [0.3, 0.4) is 0 Å². The molecule has 3 heterocycles. The molecule has 1 amide bonds. The Morgan fingerprint density at radius 1 is 1.20 bits per heavy atom. The second kappa shape index (κ2) is 8.76. The summed E-state index contributed by atoms with van der Waals surface area (Å²) in [6.45, 7) is 2.11.